The number of aliphatic hydroxyl groups excluding tert-OH is 1. The molecule has 0 aromatic heterocycles. The second-order valence-electron chi connectivity index (χ2n) is 6.86. The number of rotatable bonds is 11. The molecule has 1 aromatic rings. The van der Waals surface area contributed by atoms with E-state index in [9.17, 15) is 5.11 Å². The lowest BCUT2D eigenvalue weighted by atomic mass is 10.2. The Bertz CT molecular complexity index is 561. The molecule has 0 spiro atoms. The highest BCUT2D eigenvalue weighted by Gasteiger charge is 2.21. The van der Waals surface area contributed by atoms with Gasteiger partial charge >= 0.3 is 0 Å². The number of nitrogens with one attached hydrogen (secondary N) is 1. The molecule has 6 heteroatoms. The van der Waals surface area contributed by atoms with E-state index in [2.05, 4.69) is 10.3 Å². The van der Waals surface area contributed by atoms with Gasteiger partial charge in [-0.3, -0.25) is 4.99 Å². The van der Waals surface area contributed by atoms with Gasteiger partial charge in [0.25, 0.3) is 0 Å². The molecule has 2 N–H and O–H groups in total. The van der Waals surface area contributed by atoms with Crippen LogP contribution in [-0.2, 0) is 4.74 Å². The first kappa shape index (κ1) is 20.5. The number of aryl methyl sites for hydroxylation is 1. The van der Waals surface area contributed by atoms with Crippen molar-refractivity contribution in [1.82, 2.24) is 10.2 Å². The van der Waals surface area contributed by atoms with Gasteiger partial charge in [-0.2, -0.15) is 0 Å². The predicted molar refractivity (Wildman–Crippen MR) is 105 cm³/mol. The summed E-state index contributed by atoms with van der Waals surface area (Å²) in [5.74, 6) is 2.38. The van der Waals surface area contributed by atoms with Crippen molar-refractivity contribution < 1.29 is 14.6 Å². The van der Waals surface area contributed by atoms with Crippen LogP contribution in [0.15, 0.2) is 29.3 Å². The normalized spacial score (nSPS) is 15.6. The Morgan fingerprint density at radius 2 is 2.15 bits per heavy atom. The molecular formula is C20H33N3O3. The minimum atomic E-state index is -0.570. The highest BCUT2D eigenvalue weighted by atomic mass is 16.5. The van der Waals surface area contributed by atoms with E-state index in [-0.39, 0.29) is 0 Å². The topological polar surface area (TPSA) is 66.3 Å². The molecule has 0 bridgehead atoms. The number of aliphatic imine (C=N–C) groups is 1. The van der Waals surface area contributed by atoms with Crippen LogP contribution in [-0.4, -0.2) is 68.6 Å². The van der Waals surface area contributed by atoms with Crippen molar-refractivity contribution in [3.8, 4) is 5.75 Å². The van der Waals surface area contributed by atoms with Crippen LogP contribution in [0.25, 0.3) is 0 Å². The number of guanidine groups is 1. The maximum Gasteiger partial charge on any atom is 0.193 e. The fourth-order valence-electron chi connectivity index (χ4n) is 2.49. The van der Waals surface area contributed by atoms with E-state index in [1.807, 2.05) is 50.1 Å². The van der Waals surface area contributed by atoms with Crippen LogP contribution in [0.1, 0.15) is 25.3 Å². The van der Waals surface area contributed by atoms with E-state index in [0.717, 1.165) is 30.4 Å². The van der Waals surface area contributed by atoms with Gasteiger partial charge in [0.2, 0.25) is 0 Å². The smallest absolute Gasteiger partial charge is 0.193 e. The molecule has 1 aromatic carbocycles. The molecule has 1 atom stereocenters. The van der Waals surface area contributed by atoms with E-state index in [0.29, 0.717) is 32.2 Å². The molecule has 1 aliphatic carbocycles. The summed E-state index contributed by atoms with van der Waals surface area (Å²) >= 11 is 0. The van der Waals surface area contributed by atoms with Crippen LogP contribution >= 0.6 is 0 Å². The fraction of sp³-hybridized carbons (Fsp3) is 0.650. The minimum absolute atomic E-state index is 0.329. The van der Waals surface area contributed by atoms with Crippen molar-refractivity contribution in [2.75, 3.05) is 46.5 Å². The van der Waals surface area contributed by atoms with Gasteiger partial charge in [-0.05, 0) is 44.2 Å². The van der Waals surface area contributed by atoms with Crippen molar-refractivity contribution in [3.05, 3.63) is 29.8 Å². The molecule has 1 unspecified atom stereocenters. The fourth-order valence-corrected chi connectivity index (χ4v) is 2.49. The van der Waals surface area contributed by atoms with Crippen LogP contribution in [0.3, 0.4) is 0 Å². The van der Waals surface area contributed by atoms with Crippen LogP contribution in [0.2, 0.25) is 0 Å². The molecule has 146 valence electrons. The number of hydrogen-bond acceptors (Lipinski definition) is 4. The Morgan fingerprint density at radius 1 is 1.38 bits per heavy atom. The molecule has 0 amide bonds. The van der Waals surface area contributed by atoms with E-state index in [4.69, 9.17) is 9.47 Å². The zero-order valence-electron chi connectivity index (χ0n) is 16.3. The van der Waals surface area contributed by atoms with Crippen LogP contribution in [0.5, 0.6) is 5.75 Å². The molecule has 2 rings (SSSR count). The van der Waals surface area contributed by atoms with Gasteiger partial charge in [0, 0.05) is 20.2 Å². The van der Waals surface area contributed by atoms with Crippen LogP contribution in [0, 0.1) is 12.8 Å². The number of likely N-dealkylation sites (N-methyl/N-ethyl adjacent to an activating group) is 1. The Morgan fingerprint density at radius 3 is 2.85 bits per heavy atom. The zero-order valence-corrected chi connectivity index (χ0v) is 16.3. The highest BCUT2D eigenvalue weighted by Crippen LogP contribution is 2.28. The third-order valence-corrected chi connectivity index (χ3v) is 4.29. The van der Waals surface area contributed by atoms with Crippen molar-refractivity contribution in [1.29, 1.82) is 0 Å². The molecular weight excluding hydrogens is 330 g/mol. The molecule has 0 aliphatic heterocycles. The number of para-hydroxylation sites is 1. The first-order chi connectivity index (χ1) is 12.6. The molecule has 0 saturated heterocycles. The second kappa shape index (κ2) is 11.0. The number of nitrogens with zero attached hydrogens (tertiary/aromatic N) is 2. The summed E-state index contributed by atoms with van der Waals surface area (Å²) in [4.78, 5) is 6.53. The van der Waals surface area contributed by atoms with E-state index in [1.165, 1.54) is 12.8 Å². The maximum atomic E-state index is 10.0. The quantitative estimate of drug-likeness (QED) is 0.465. The molecule has 1 fully saturated rings. The summed E-state index contributed by atoms with van der Waals surface area (Å²) in [6, 6.07) is 8.00. The van der Waals surface area contributed by atoms with Crippen molar-refractivity contribution >= 4 is 5.96 Å². The lowest BCUT2D eigenvalue weighted by molar-refractivity contribution is 0.0367. The molecule has 6 nitrogen and oxygen atoms in total. The Balaban J connectivity index is 1.73. The van der Waals surface area contributed by atoms with Gasteiger partial charge in [-0.15, -0.1) is 0 Å². The predicted octanol–water partition coefficient (Wildman–Crippen LogP) is 2.06. The number of benzene rings is 1. The molecule has 0 radical (unpaired) electrons. The summed E-state index contributed by atoms with van der Waals surface area (Å²) in [6.45, 7) is 7.55. The molecule has 26 heavy (non-hydrogen) atoms. The average Bonchev–Trinajstić information content (AvgIpc) is 3.44. The number of hydrogen-bond donors (Lipinski definition) is 2. The summed E-state index contributed by atoms with van der Waals surface area (Å²) in [6.07, 6.45) is 1.95. The monoisotopic (exact) mass is 363 g/mol. The van der Waals surface area contributed by atoms with Crippen LogP contribution < -0.4 is 10.1 Å². The van der Waals surface area contributed by atoms with E-state index in [1.54, 1.807) is 0 Å². The SMILES string of the molecule is CCNC(=NCC(O)COCC1CC1)N(C)CCOc1ccccc1C. The Kier molecular flexibility index (Phi) is 8.71. The standard InChI is InChI=1S/C20H33N3O3/c1-4-21-20(22-13-18(24)15-25-14-17-9-10-17)23(3)11-12-26-19-8-6-5-7-16(19)2/h5-8,17-18,24H,4,9-15H2,1-3H3,(H,21,22). The van der Waals surface area contributed by atoms with Crippen molar-refractivity contribution in [2.24, 2.45) is 10.9 Å². The van der Waals surface area contributed by atoms with Gasteiger partial charge in [-0.25, -0.2) is 0 Å². The average molecular weight is 364 g/mol. The lowest BCUT2D eigenvalue weighted by Crippen LogP contribution is -2.41. The third-order valence-electron chi connectivity index (χ3n) is 4.29. The van der Waals surface area contributed by atoms with Gasteiger partial charge in [0.05, 0.1) is 25.8 Å². The summed E-state index contributed by atoms with van der Waals surface area (Å²) in [5, 5.41) is 13.3. The third kappa shape index (κ3) is 7.62. The van der Waals surface area contributed by atoms with Gasteiger partial charge in [0.15, 0.2) is 5.96 Å². The van der Waals surface area contributed by atoms with Gasteiger partial charge in [0.1, 0.15) is 12.4 Å². The van der Waals surface area contributed by atoms with Gasteiger partial charge in [-0.1, -0.05) is 18.2 Å². The number of ether oxygens (including phenoxy) is 2. The van der Waals surface area contributed by atoms with Crippen molar-refractivity contribution in [2.45, 2.75) is 32.8 Å². The summed E-state index contributed by atoms with van der Waals surface area (Å²) in [5.41, 5.74) is 1.13. The Labute approximate surface area is 157 Å². The van der Waals surface area contributed by atoms with Crippen LogP contribution in [0.4, 0.5) is 0 Å². The molecule has 1 saturated carbocycles. The summed E-state index contributed by atoms with van der Waals surface area (Å²) < 4.78 is 11.4. The van der Waals surface area contributed by atoms with Crippen molar-refractivity contribution in [3.63, 3.8) is 0 Å². The van der Waals surface area contributed by atoms with E-state index >= 15 is 0 Å². The highest BCUT2D eigenvalue weighted by molar-refractivity contribution is 5.79. The number of aliphatic hydroxyl groups is 1. The Hall–Kier alpha value is -1.79. The zero-order chi connectivity index (χ0) is 18.8. The molecule has 1 aliphatic rings. The first-order valence-electron chi connectivity index (χ1n) is 9.53. The van der Waals surface area contributed by atoms with Gasteiger partial charge < -0.3 is 24.8 Å². The second-order valence-corrected chi connectivity index (χ2v) is 6.86. The first-order valence-corrected chi connectivity index (χ1v) is 9.53. The molecule has 0 heterocycles. The maximum absolute atomic E-state index is 10.0. The largest absolute Gasteiger partial charge is 0.491 e. The lowest BCUT2D eigenvalue weighted by Gasteiger charge is -2.23. The minimum Gasteiger partial charge on any atom is -0.491 e. The van der Waals surface area contributed by atoms with E-state index < -0.39 is 6.10 Å². The summed E-state index contributed by atoms with van der Waals surface area (Å²) in [7, 11) is 1.97.